The zero-order valence-corrected chi connectivity index (χ0v) is 10.1. The molecule has 3 N–H and O–H groups in total. The summed E-state index contributed by atoms with van der Waals surface area (Å²) in [4.78, 5) is 4.30. The fourth-order valence-corrected chi connectivity index (χ4v) is 1.66. The van der Waals surface area contributed by atoms with Gasteiger partial charge in [-0.2, -0.15) is 0 Å². The third-order valence-electron chi connectivity index (χ3n) is 2.66. The van der Waals surface area contributed by atoms with E-state index in [4.69, 9.17) is 17.3 Å². The second-order valence-corrected chi connectivity index (χ2v) is 4.63. The van der Waals surface area contributed by atoms with Gasteiger partial charge in [-0.05, 0) is 43.0 Å². The Hall–Kier alpha value is -1.22. The van der Waals surface area contributed by atoms with E-state index < -0.39 is 0 Å². The average Bonchev–Trinajstić information content (AvgIpc) is 3.03. The van der Waals surface area contributed by atoms with Gasteiger partial charge < -0.3 is 11.1 Å². The molecule has 86 valence electrons. The van der Waals surface area contributed by atoms with Crippen LogP contribution in [0.2, 0.25) is 5.02 Å². The number of hydrogen-bond donors (Lipinski definition) is 2. The standard InChI is InChI=1S/C12H16ClN3/c1-8-2-3-10(13)6-9(8)7-15-12(14)16-11-4-5-11/h2-3,6,11H,4-5,7H2,1H3,(H3,14,15,16). The van der Waals surface area contributed by atoms with E-state index in [1.54, 1.807) is 0 Å². The highest BCUT2D eigenvalue weighted by Gasteiger charge is 2.21. The fraction of sp³-hybridized carbons (Fsp3) is 0.417. The van der Waals surface area contributed by atoms with Crippen molar-refractivity contribution in [3.63, 3.8) is 0 Å². The van der Waals surface area contributed by atoms with Gasteiger partial charge in [0.2, 0.25) is 0 Å². The van der Waals surface area contributed by atoms with Crippen LogP contribution in [0.15, 0.2) is 23.2 Å². The molecule has 0 bridgehead atoms. The van der Waals surface area contributed by atoms with Crippen LogP contribution in [-0.2, 0) is 6.54 Å². The van der Waals surface area contributed by atoms with Crippen LogP contribution in [0.5, 0.6) is 0 Å². The Labute approximate surface area is 101 Å². The van der Waals surface area contributed by atoms with Crippen LogP contribution in [0, 0.1) is 6.92 Å². The van der Waals surface area contributed by atoms with Gasteiger partial charge in [-0.15, -0.1) is 0 Å². The molecule has 1 saturated carbocycles. The molecule has 0 amide bonds. The number of aryl methyl sites for hydroxylation is 1. The van der Waals surface area contributed by atoms with Gasteiger partial charge in [-0.25, -0.2) is 4.99 Å². The van der Waals surface area contributed by atoms with Crippen LogP contribution >= 0.6 is 11.6 Å². The van der Waals surface area contributed by atoms with Crippen molar-refractivity contribution in [2.24, 2.45) is 10.7 Å². The molecule has 0 unspecified atom stereocenters. The number of nitrogens with zero attached hydrogens (tertiary/aromatic N) is 1. The van der Waals surface area contributed by atoms with Crippen molar-refractivity contribution >= 4 is 17.6 Å². The molecular weight excluding hydrogens is 222 g/mol. The largest absolute Gasteiger partial charge is 0.370 e. The molecule has 1 aromatic rings. The average molecular weight is 238 g/mol. The van der Waals surface area contributed by atoms with Gasteiger partial charge >= 0.3 is 0 Å². The number of halogens is 1. The smallest absolute Gasteiger partial charge is 0.189 e. The van der Waals surface area contributed by atoms with E-state index in [-0.39, 0.29) is 0 Å². The number of nitrogens with two attached hydrogens (primary N) is 1. The van der Waals surface area contributed by atoms with E-state index in [2.05, 4.69) is 10.3 Å². The van der Waals surface area contributed by atoms with Crippen molar-refractivity contribution < 1.29 is 0 Å². The lowest BCUT2D eigenvalue weighted by Crippen LogP contribution is -2.33. The van der Waals surface area contributed by atoms with Gasteiger partial charge in [0.25, 0.3) is 0 Å². The Morgan fingerprint density at radius 1 is 1.56 bits per heavy atom. The highest BCUT2D eigenvalue weighted by Crippen LogP contribution is 2.18. The summed E-state index contributed by atoms with van der Waals surface area (Å²) in [5, 5.41) is 3.89. The molecule has 0 aromatic heterocycles. The van der Waals surface area contributed by atoms with Crippen LogP contribution in [-0.4, -0.2) is 12.0 Å². The molecule has 0 aliphatic heterocycles. The maximum absolute atomic E-state index is 5.93. The molecular formula is C12H16ClN3. The summed E-state index contributed by atoms with van der Waals surface area (Å²) >= 11 is 5.93. The minimum atomic E-state index is 0.530. The molecule has 2 rings (SSSR count). The van der Waals surface area contributed by atoms with Crippen molar-refractivity contribution in [2.45, 2.75) is 32.4 Å². The van der Waals surface area contributed by atoms with E-state index in [0.29, 0.717) is 18.5 Å². The summed E-state index contributed by atoms with van der Waals surface area (Å²) in [6.07, 6.45) is 2.40. The minimum Gasteiger partial charge on any atom is -0.370 e. The van der Waals surface area contributed by atoms with Crippen LogP contribution in [0.25, 0.3) is 0 Å². The van der Waals surface area contributed by atoms with E-state index in [9.17, 15) is 0 Å². The molecule has 0 spiro atoms. The Kier molecular flexibility index (Phi) is 3.34. The molecule has 1 fully saturated rings. The van der Waals surface area contributed by atoms with Crippen molar-refractivity contribution in [1.82, 2.24) is 5.32 Å². The quantitative estimate of drug-likeness (QED) is 0.626. The van der Waals surface area contributed by atoms with Gasteiger partial charge in [0.05, 0.1) is 6.54 Å². The maximum atomic E-state index is 5.93. The van der Waals surface area contributed by atoms with Crippen LogP contribution in [0.4, 0.5) is 0 Å². The van der Waals surface area contributed by atoms with E-state index >= 15 is 0 Å². The number of rotatable bonds is 3. The van der Waals surface area contributed by atoms with Gasteiger partial charge in [-0.3, -0.25) is 0 Å². The molecule has 0 radical (unpaired) electrons. The number of hydrogen-bond acceptors (Lipinski definition) is 1. The molecule has 16 heavy (non-hydrogen) atoms. The third kappa shape index (κ3) is 3.14. The molecule has 0 atom stereocenters. The lowest BCUT2D eigenvalue weighted by molar-refractivity contribution is 0.878. The lowest BCUT2D eigenvalue weighted by atomic mass is 10.1. The maximum Gasteiger partial charge on any atom is 0.189 e. The highest BCUT2D eigenvalue weighted by molar-refractivity contribution is 6.30. The van der Waals surface area contributed by atoms with E-state index in [0.717, 1.165) is 10.6 Å². The molecule has 0 saturated heterocycles. The minimum absolute atomic E-state index is 0.530. The van der Waals surface area contributed by atoms with Crippen LogP contribution < -0.4 is 11.1 Å². The van der Waals surface area contributed by atoms with E-state index in [1.807, 2.05) is 25.1 Å². The Morgan fingerprint density at radius 2 is 2.31 bits per heavy atom. The number of nitrogens with one attached hydrogen (secondary N) is 1. The lowest BCUT2D eigenvalue weighted by Gasteiger charge is -2.05. The summed E-state index contributed by atoms with van der Waals surface area (Å²) < 4.78 is 0. The SMILES string of the molecule is Cc1ccc(Cl)cc1CN=C(N)NC1CC1. The number of guanidine groups is 1. The summed E-state index contributed by atoms with van der Waals surface area (Å²) in [5.41, 5.74) is 8.06. The first-order valence-electron chi connectivity index (χ1n) is 5.46. The normalized spacial score (nSPS) is 16.2. The molecule has 0 heterocycles. The second kappa shape index (κ2) is 4.74. The van der Waals surface area contributed by atoms with Gasteiger partial charge in [0, 0.05) is 11.1 Å². The molecule has 1 aliphatic carbocycles. The van der Waals surface area contributed by atoms with E-state index in [1.165, 1.54) is 18.4 Å². The predicted molar refractivity (Wildman–Crippen MR) is 67.7 cm³/mol. The summed E-state index contributed by atoms with van der Waals surface area (Å²) in [7, 11) is 0. The highest BCUT2D eigenvalue weighted by atomic mass is 35.5. The van der Waals surface area contributed by atoms with Crippen molar-refractivity contribution in [2.75, 3.05) is 0 Å². The summed E-state index contributed by atoms with van der Waals surface area (Å²) in [5.74, 6) is 0.530. The van der Waals surface area contributed by atoms with Gasteiger partial charge in [-0.1, -0.05) is 17.7 Å². The topological polar surface area (TPSA) is 50.4 Å². The van der Waals surface area contributed by atoms with Crippen LogP contribution in [0.1, 0.15) is 24.0 Å². The monoisotopic (exact) mass is 237 g/mol. The first-order valence-corrected chi connectivity index (χ1v) is 5.84. The predicted octanol–water partition coefficient (Wildman–Crippen LogP) is 2.22. The Bertz CT molecular complexity index is 411. The number of benzene rings is 1. The van der Waals surface area contributed by atoms with Gasteiger partial charge in [0.1, 0.15) is 0 Å². The second-order valence-electron chi connectivity index (χ2n) is 4.19. The van der Waals surface area contributed by atoms with Crippen LogP contribution in [0.3, 0.4) is 0 Å². The Balaban J connectivity index is 1.99. The zero-order valence-electron chi connectivity index (χ0n) is 9.33. The van der Waals surface area contributed by atoms with Gasteiger partial charge in [0.15, 0.2) is 5.96 Å². The van der Waals surface area contributed by atoms with Crippen molar-refractivity contribution in [1.29, 1.82) is 0 Å². The van der Waals surface area contributed by atoms with Crippen molar-refractivity contribution in [3.8, 4) is 0 Å². The molecule has 1 aromatic carbocycles. The Morgan fingerprint density at radius 3 is 3.00 bits per heavy atom. The fourth-order valence-electron chi connectivity index (χ4n) is 1.46. The molecule has 4 heteroatoms. The number of aliphatic imine (C=N–C) groups is 1. The first-order chi connectivity index (χ1) is 7.65. The summed E-state index contributed by atoms with van der Waals surface area (Å²) in [6.45, 7) is 2.63. The first kappa shape index (κ1) is 11.3. The van der Waals surface area contributed by atoms with Crippen molar-refractivity contribution in [3.05, 3.63) is 34.3 Å². The zero-order chi connectivity index (χ0) is 11.5. The molecule has 3 nitrogen and oxygen atoms in total. The summed E-state index contributed by atoms with van der Waals surface area (Å²) in [6, 6.07) is 6.36. The molecule has 1 aliphatic rings. The third-order valence-corrected chi connectivity index (χ3v) is 2.90.